The van der Waals surface area contributed by atoms with Crippen LogP contribution in [0, 0.1) is 6.92 Å². The van der Waals surface area contributed by atoms with Gasteiger partial charge in [0.05, 0.1) is 7.11 Å². The summed E-state index contributed by atoms with van der Waals surface area (Å²) in [6.45, 7) is 2.17. The Bertz CT molecular complexity index is 592. The predicted molar refractivity (Wildman–Crippen MR) is 81.4 cm³/mol. The largest absolute Gasteiger partial charge is 0.497 e. The van der Waals surface area contributed by atoms with Gasteiger partial charge in [0.15, 0.2) is 0 Å². The maximum absolute atomic E-state index is 5.35. The van der Waals surface area contributed by atoms with Crippen LogP contribution in [0.15, 0.2) is 47.4 Å². The van der Waals surface area contributed by atoms with Crippen LogP contribution in [0.3, 0.4) is 0 Å². The minimum Gasteiger partial charge on any atom is -0.497 e. The maximum Gasteiger partial charge on any atom is 0.119 e. The smallest absolute Gasteiger partial charge is 0.119 e. The fourth-order valence-corrected chi connectivity index (χ4v) is 3.82. The number of rotatable bonds is 2. The first-order chi connectivity index (χ1) is 9.28. The summed E-state index contributed by atoms with van der Waals surface area (Å²) < 4.78 is 5.35. The van der Waals surface area contributed by atoms with Crippen molar-refractivity contribution < 1.29 is 4.74 Å². The van der Waals surface area contributed by atoms with E-state index in [9.17, 15) is 0 Å². The normalized spacial score (nSPS) is 17.9. The fourth-order valence-electron chi connectivity index (χ4n) is 2.72. The number of hydrogen-bond acceptors (Lipinski definition) is 2. The standard InChI is InChI=1S/C17H18OS/c1-12-6-7-17-16(10-12)15(8-9-19-17)13-4-3-5-14(11-13)18-2/h3-7,10-11,15H,8-9H2,1-2H3. The van der Waals surface area contributed by atoms with Crippen LogP contribution in [-0.4, -0.2) is 12.9 Å². The highest BCUT2D eigenvalue weighted by molar-refractivity contribution is 7.99. The number of hydrogen-bond donors (Lipinski definition) is 0. The third-order valence-corrected chi connectivity index (χ3v) is 4.82. The van der Waals surface area contributed by atoms with Crippen LogP contribution in [0.1, 0.15) is 29.0 Å². The molecule has 2 heteroatoms. The summed E-state index contributed by atoms with van der Waals surface area (Å²) in [5, 5.41) is 0. The SMILES string of the molecule is COc1cccc(C2CCSc3ccc(C)cc32)c1. The molecule has 0 N–H and O–H groups in total. The Balaban J connectivity index is 2.05. The third kappa shape index (κ3) is 2.50. The molecule has 2 aromatic carbocycles. The Morgan fingerprint density at radius 3 is 2.89 bits per heavy atom. The average Bonchev–Trinajstić information content (AvgIpc) is 2.46. The summed E-state index contributed by atoms with van der Waals surface area (Å²) in [5.41, 5.74) is 4.19. The first-order valence-electron chi connectivity index (χ1n) is 6.65. The van der Waals surface area contributed by atoms with Crippen molar-refractivity contribution in [1.82, 2.24) is 0 Å². The van der Waals surface area contributed by atoms with E-state index in [4.69, 9.17) is 4.74 Å². The molecule has 1 heterocycles. The van der Waals surface area contributed by atoms with Crippen LogP contribution in [0.2, 0.25) is 0 Å². The van der Waals surface area contributed by atoms with Crippen molar-refractivity contribution in [2.45, 2.75) is 24.2 Å². The zero-order chi connectivity index (χ0) is 13.2. The molecule has 0 amide bonds. The molecule has 19 heavy (non-hydrogen) atoms. The monoisotopic (exact) mass is 270 g/mol. The highest BCUT2D eigenvalue weighted by Gasteiger charge is 2.22. The molecule has 1 nitrogen and oxygen atoms in total. The Labute approximate surface area is 119 Å². The van der Waals surface area contributed by atoms with Gasteiger partial charge in [0.1, 0.15) is 5.75 Å². The van der Waals surface area contributed by atoms with Crippen LogP contribution in [0.5, 0.6) is 5.75 Å². The van der Waals surface area contributed by atoms with Gasteiger partial charge in [-0.25, -0.2) is 0 Å². The molecule has 1 unspecified atom stereocenters. The van der Waals surface area contributed by atoms with E-state index in [0.29, 0.717) is 5.92 Å². The highest BCUT2D eigenvalue weighted by Crippen LogP contribution is 2.42. The van der Waals surface area contributed by atoms with E-state index >= 15 is 0 Å². The van der Waals surface area contributed by atoms with Crippen LogP contribution in [-0.2, 0) is 0 Å². The Morgan fingerprint density at radius 2 is 2.05 bits per heavy atom. The molecule has 0 saturated heterocycles. The molecule has 0 spiro atoms. The topological polar surface area (TPSA) is 9.23 Å². The fraction of sp³-hybridized carbons (Fsp3) is 0.294. The predicted octanol–water partition coefficient (Wildman–Crippen LogP) is 4.63. The van der Waals surface area contributed by atoms with Crippen molar-refractivity contribution in [3.05, 3.63) is 59.2 Å². The lowest BCUT2D eigenvalue weighted by molar-refractivity contribution is 0.414. The number of thioether (sulfide) groups is 1. The summed E-state index contributed by atoms with van der Waals surface area (Å²) >= 11 is 1.97. The summed E-state index contributed by atoms with van der Waals surface area (Å²) in [6.07, 6.45) is 1.20. The van der Waals surface area contributed by atoms with Crippen LogP contribution < -0.4 is 4.74 Å². The molecule has 0 bridgehead atoms. The summed E-state index contributed by atoms with van der Waals surface area (Å²) in [6, 6.07) is 15.3. The van der Waals surface area contributed by atoms with Gasteiger partial charge in [-0.15, -0.1) is 11.8 Å². The van der Waals surface area contributed by atoms with E-state index in [1.165, 1.54) is 33.8 Å². The zero-order valence-corrected chi connectivity index (χ0v) is 12.2. The lowest BCUT2D eigenvalue weighted by Gasteiger charge is -2.26. The van der Waals surface area contributed by atoms with E-state index in [1.807, 2.05) is 17.8 Å². The molecule has 0 aliphatic carbocycles. The van der Waals surface area contributed by atoms with E-state index in [1.54, 1.807) is 7.11 Å². The van der Waals surface area contributed by atoms with Crippen molar-refractivity contribution in [2.75, 3.05) is 12.9 Å². The van der Waals surface area contributed by atoms with Crippen molar-refractivity contribution >= 4 is 11.8 Å². The summed E-state index contributed by atoms with van der Waals surface area (Å²) in [4.78, 5) is 1.43. The van der Waals surface area contributed by atoms with E-state index in [2.05, 4.69) is 43.3 Å². The molecule has 98 valence electrons. The molecule has 3 rings (SSSR count). The van der Waals surface area contributed by atoms with E-state index < -0.39 is 0 Å². The highest BCUT2D eigenvalue weighted by atomic mass is 32.2. The first kappa shape index (κ1) is 12.6. The summed E-state index contributed by atoms with van der Waals surface area (Å²) in [5.74, 6) is 2.65. The Kier molecular flexibility index (Phi) is 3.52. The molecular formula is C17H18OS. The zero-order valence-electron chi connectivity index (χ0n) is 11.3. The van der Waals surface area contributed by atoms with Crippen molar-refractivity contribution in [3.8, 4) is 5.75 Å². The number of aryl methyl sites for hydroxylation is 1. The average molecular weight is 270 g/mol. The number of ether oxygens (including phenoxy) is 1. The van der Waals surface area contributed by atoms with Gasteiger partial charge in [-0.2, -0.15) is 0 Å². The van der Waals surface area contributed by atoms with Gasteiger partial charge in [0, 0.05) is 10.8 Å². The van der Waals surface area contributed by atoms with Gasteiger partial charge < -0.3 is 4.74 Å². The second-order valence-electron chi connectivity index (χ2n) is 5.01. The van der Waals surface area contributed by atoms with Crippen LogP contribution in [0.4, 0.5) is 0 Å². The number of methoxy groups -OCH3 is 1. The second kappa shape index (κ2) is 5.30. The molecule has 1 atom stereocenters. The molecular weight excluding hydrogens is 252 g/mol. The van der Waals surface area contributed by atoms with Crippen molar-refractivity contribution in [2.24, 2.45) is 0 Å². The van der Waals surface area contributed by atoms with Gasteiger partial charge in [0.2, 0.25) is 0 Å². The number of benzene rings is 2. The third-order valence-electron chi connectivity index (χ3n) is 3.70. The maximum atomic E-state index is 5.35. The first-order valence-corrected chi connectivity index (χ1v) is 7.64. The van der Waals surface area contributed by atoms with Gasteiger partial charge in [0.25, 0.3) is 0 Å². The number of fused-ring (bicyclic) bond motifs is 1. The van der Waals surface area contributed by atoms with Crippen molar-refractivity contribution in [1.29, 1.82) is 0 Å². The Morgan fingerprint density at radius 1 is 1.16 bits per heavy atom. The van der Waals surface area contributed by atoms with E-state index in [-0.39, 0.29) is 0 Å². The minimum absolute atomic E-state index is 0.506. The molecule has 0 aromatic heterocycles. The quantitative estimate of drug-likeness (QED) is 0.786. The van der Waals surface area contributed by atoms with Crippen LogP contribution >= 0.6 is 11.8 Å². The van der Waals surface area contributed by atoms with Crippen molar-refractivity contribution in [3.63, 3.8) is 0 Å². The van der Waals surface area contributed by atoms with E-state index in [0.717, 1.165) is 5.75 Å². The molecule has 1 aliphatic rings. The second-order valence-corrected chi connectivity index (χ2v) is 6.14. The Hall–Kier alpha value is -1.41. The molecule has 0 saturated carbocycles. The van der Waals surface area contributed by atoms with Gasteiger partial charge in [-0.05, 0) is 48.4 Å². The summed E-state index contributed by atoms with van der Waals surface area (Å²) in [7, 11) is 1.73. The molecule has 0 radical (unpaired) electrons. The molecule has 1 aliphatic heterocycles. The van der Waals surface area contributed by atoms with Crippen LogP contribution in [0.25, 0.3) is 0 Å². The van der Waals surface area contributed by atoms with Gasteiger partial charge >= 0.3 is 0 Å². The molecule has 2 aromatic rings. The minimum atomic E-state index is 0.506. The lowest BCUT2D eigenvalue weighted by Crippen LogP contribution is -2.09. The van der Waals surface area contributed by atoms with Gasteiger partial charge in [-0.3, -0.25) is 0 Å². The molecule has 0 fully saturated rings. The lowest BCUT2D eigenvalue weighted by atomic mass is 9.88. The van der Waals surface area contributed by atoms with Gasteiger partial charge in [-0.1, -0.05) is 29.8 Å².